The molecule has 0 fully saturated rings. The average molecular weight is 293 g/mol. The molecule has 4 nitrogen and oxygen atoms in total. The highest BCUT2D eigenvalue weighted by atomic mass is 35.5. The van der Waals surface area contributed by atoms with Crippen molar-refractivity contribution in [3.63, 3.8) is 0 Å². The van der Waals surface area contributed by atoms with Gasteiger partial charge in [-0.05, 0) is 24.3 Å². The van der Waals surface area contributed by atoms with Crippen LogP contribution in [0.3, 0.4) is 0 Å². The molecule has 0 heterocycles. The molecule has 0 amide bonds. The van der Waals surface area contributed by atoms with E-state index in [1.165, 1.54) is 24.3 Å². The molecule has 0 aliphatic heterocycles. The van der Waals surface area contributed by atoms with E-state index in [0.29, 0.717) is 16.4 Å². The highest BCUT2D eigenvalue weighted by Gasteiger charge is 2.13. The molecule has 0 saturated heterocycles. The summed E-state index contributed by atoms with van der Waals surface area (Å²) in [5, 5.41) is 0.532. The molecule has 0 aliphatic rings. The van der Waals surface area contributed by atoms with Crippen LogP contribution in [-0.4, -0.2) is 8.42 Å². The van der Waals surface area contributed by atoms with Gasteiger partial charge in [0, 0.05) is 10.7 Å². The zero-order valence-corrected chi connectivity index (χ0v) is 11.2. The van der Waals surface area contributed by atoms with Crippen molar-refractivity contribution in [1.82, 2.24) is 0 Å². The number of halogens is 1. The summed E-state index contributed by atoms with van der Waals surface area (Å²) < 4.78 is 26.6. The largest absolute Gasteiger partial charge is 0.280 e. The molecule has 6 heteroatoms. The maximum absolute atomic E-state index is 12.1. The van der Waals surface area contributed by atoms with E-state index in [2.05, 4.69) is 9.57 Å². The van der Waals surface area contributed by atoms with Crippen molar-refractivity contribution < 1.29 is 8.42 Å². The van der Waals surface area contributed by atoms with Gasteiger partial charge in [0.05, 0.1) is 11.5 Å². The lowest BCUT2D eigenvalue weighted by Crippen LogP contribution is -2.12. The molecule has 19 heavy (non-hydrogen) atoms. The molecule has 0 aromatic heterocycles. The van der Waals surface area contributed by atoms with Gasteiger partial charge in [-0.25, -0.2) is 13.3 Å². The average Bonchev–Trinajstić information content (AvgIpc) is 2.41. The van der Waals surface area contributed by atoms with E-state index in [1.54, 1.807) is 24.3 Å². The molecule has 0 bridgehead atoms. The van der Waals surface area contributed by atoms with Gasteiger partial charge < -0.3 is 0 Å². The Hall–Kier alpha value is -2.03. The molecule has 0 unspecified atom stereocenters. The fourth-order valence-corrected chi connectivity index (χ4v) is 2.62. The third kappa shape index (κ3) is 3.25. The Labute approximate surface area is 116 Å². The first-order valence-electron chi connectivity index (χ1n) is 5.27. The molecule has 96 valence electrons. The second-order valence-electron chi connectivity index (χ2n) is 3.72. The number of hydrogen-bond donors (Lipinski definition) is 1. The minimum absolute atomic E-state index is 0.106. The van der Waals surface area contributed by atoms with Gasteiger partial charge in [-0.1, -0.05) is 35.9 Å². The molecule has 0 aliphatic carbocycles. The van der Waals surface area contributed by atoms with Gasteiger partial charge in [0.15, 0.2) is 5.69 Å². The zero-order valence-electron chi connectivity index (χ0n) is 9.67. The van der Waals surface area contributed by atoms with Crippen LogP contribution in [0.15, 0.2) is 53.4 Å². The summed E-state index contributed by atoms with van der Waals surface area (Å²) in [5.74, 6) is 0. The fourth-order valence-electron chi connectivity index (χ4n) is 1.43. The van der Waals surface area contributed by atoms with Crippen molar-refractivity contribution in [3.05, 3.63) is 65.0 Å². The van der Waals surface area contributed by atoms with Gasteiger partial charge in [0.1, 0.15) is 0 Å². The van der Waals surface area contributed by atoms with E-state index < -0.39 is 10.0 Å². The summed E-state index contributed by atoms with van der Waals surface area (Å²) >= 11 is 5.73. The zero-order chi connectivity index (χ0) is 13.9. The van der Waals surface area contributed by atoms with Gasteiger partial charge in [-0.15, -0.1) is 0 Å². The Kier molecular flexibility index (Phi) is 3.74. The van der Waals surface area contributed by atoms with Crippen LogP contribution in [0.4, 0.5) is 11.4 Å². The quantitative estimate of drug-likeness (QED) is 0.877. The van der Waals surface area contributed by atoms with E-state index in [4.69, 9.17) is 18.2 Å². The first kappa shape index (κ1) is 13.4. The molecular weight excluding hydrogens is 284 g/mol. The third-order valence-corrected chi connectivity index (χ3v) is 4.02. The molecule has 2 aromatic rings. The normalized spacial score (nSPS) is 10.7. The molecule has 1 N–H and O–H groups in total. The van der Waals surface area contributed by atoms with Crippen LogP contribution in [0.5, 0.6) is 0 Å². The van der Waals surface area contributed by atoms with Crippen molar-refractivity contribution >= 4 is 33.0 Å². The second-order valence-corrected chi connectivity index (χ2v) is 5.84. The number of anilines is 1. The molecule has 0 spiro atoms. The third-order valence-electron chi connectivity index (χ3n) is 2.37. The molecule has 0 saturated carbocycles. The number of hydrogen-bond acceptors (Lipinski definition) is 2. The number of benzene rings is 2. The van der Waals surface area contributed by atoms with Gasteiger partial charge in [-0.3, -0.25) is 4.72 Å². The summed E-state index contributed by atoms with van der Waals surface area (Å²) in [7, 11) is -3.65. The lowest BCUT2D eigenvalue weighted by molar-refractivity contribution is 0.601. The summed E-state index contributed by atoms with van der Waals surface area (Å²) in [4.78, 5) is 3.31. The summed E-state index contributed by atoms with van der Waals surface area (Å²) in [6.45, 7) is 6.82. The Balaban J connectivity index is 2.27. The SMILES string of the molecule is [C-]#[N+]c1ccc(S(=O)(=O)Nc2ccc(Cl)cc2)cc1. The van der Waals surface area contributed by atoms with E-state index in [-0.39, 0.29) is 4.90 Å². The lowest BCUT2D eigenvalue weighted by atomic mass is 10.3. The van der Waals surface area contributed by atoms with Crippen LogP contribution in [0.2, 0.25) is 5.02 Å². The van der Waals surface area contributed by atoms with Crippen molar-refractivity contribution in [1.29, 1.82) is 0 Å². The number of sulfonamides is 1. The topological polar surface area (TPSA) is 50.5 Å². The first-order valence-corrected chi connectivity index (χ1v) is 7.13. The van der Waals surface area contributed by atoms with Crippen LogP contribution in [0, 0.1) is 6.57 Å². The van der Waals surface area contributed by atoms with Crippen LogP contribution in [-0.2, 0) is 10.0 Å². The first-order chi connectivity index (χ1) is 9.01. The Morgan fingerprint density at radius 2 is 1.58 bits per heavy atom. The second kappa shape index (κ2) is 5.31. The molecule has 0 atom stereocenters. The molecular formula is C13H9ClN2O2S. The minimum Gasteiger partial charge on any atom is -0.280 e. The van der Waals surface area contributed by atoms with E-state index >= 15 is 0 Å². The van der Waals surface area contributed by atoms with Crippen LogP contribution >= 0.6 is 11.6 Å². The number of nitrogens with one attached hydrogen (secondary N) is 1. The Morgan fingerprint density at radius 3 is 2.11 bits per heavy atom. The van der Waals surface area contributed by atoms with Gasteiger partial charge >= 0.3 is 0 Å². The Morgan fingerprint density at radius 1 is 1.00 bits per heavy atom. The van der Waals surface area contributed by atoms with Crippen LogP contribution in [0.25, 0.3) is 4.85 Å². The van der Waals surface area contributed by atoms with E-state index in [0.717, 1.165) is 0 Å². The highest BCUT2D eigenvalue weighted by molar-refractivity contribution is 7.92. The lowest BCUT2D eigenvalue weighted by Gasteiger charge is -2.08. The van der Waals surface area contributed by atoms with Crippen molar-refractivity contribution in [2.75, 3.05) is 4.72 Å². The van der Waals surface area contributed by atoms with E-state index in [1.807, 2.05) is 0 Å². The number of rotatable bonds is 3. The minimum atomic E-state index is -3.65. The van der Waals surface area contributed by atoms with Gasteiger partial charge in [0.2, 0.25) is 0 Å². The monoisotopic (exact) mass is 292 g/mol. The van der Waals surface area contributed by atoms with Gasteiger partial charge in [0.25, 0.3) is 10.0 Å². The molecule has 2 aromatic carbocycles. The summed E-state index contributed by atoms with van der Waals surface area (Å²) in [5.41, 5.74) is 0.823. The van der Waals surface area contributed by atoms with E-state index in [9.17, 15) is 8.42 Å². The van der Waals surface area contributed by atoms with Crippen molar-refractivity contribution in [2.24, 2.45) is 0 Å². The van der Waals surface area contributed by atoms with Crippen LogP contribution in [0.1, 0.15) is 0 Å². The maximum atomic E-state index is 12.1. The standard InChI is InChI=1S/C13H9ClN2O2S/c1-15-11-6-8-13(9-7-11)19(17,18)16-12-4-2-10(14)3-5-12/h2-9,16H. The van der Waals surface area contributed by atoms with Gasteiger partial charge in [-0.2, -0.15) is 0 Å². The summed E-state index contributed by atoms with van der Waals surface area (Å²) in [6, 6.07) is 12.1. The predicted octanol–water partition coefficient (Wildman–Crippen LogP) is 3.69. The highest BCUT2D eigenvalue weighted by Crippen LogP contribution is 2.20. The predicted molar refractivity (Wildman–Crippen MR) is 75.0 cm³/mol. The van der Waals surface area contributed by atoms with Crippen LogP contribution < -0.4 is 4.72 Å². The van der Waals surface area contributed by atoms with Crippen molar-refractivity contribution in [2.45, 2.75) is 4.90 Å². The fraction of sp³-hybridized carbons (Fsp3) is 0. The number of nitrogens with zero attached hydrogens (tertiary/aromatic N) is 1. The maximum Gasteiger partial charge on any atom is 0.261 e. The molecule has 2 rings (SSSR count). The molecule has 0 radical (unpaired) electrons. The summed E-state index contributed by atoms with van der Waals surface area (Å²) in [6.07, 6.45) is 0. The van der Waals surface area contributed by atoms with Crippen molar-refractivity contribution in [3.8, 4) is 0 Å². The smallest absolute Gasteiger partial charge is 0.261 e. The Bertz CT molecular complexity index is 717.